The first-order chi connectivity index (χ1) is 6.11. The van der Waals surface area contributed by atoms with Gasteiger partial charge in [-0.05, 0) is 19.1 Å². The first kappa shape index (κ1) is 9.80. The van der Waals surface area contributed by atoms with Crippen molar-refractivity contribution in [3.8, 4) is 0 Å². The monoisotopic (exact) mass is 183 g/mol. The predicted octanol–water partition coefficient (Wildman–Crippen LogP) is 0.713. The lowest BCUT2D eigenvalue weighted by atomic mass is 10.1. The molecule has 1 N–H and O–H groups in total. The van der Waals surface area contributed by atoms with Gasteiger partial charge in [0.2, 0.25) is 0 Å². The number of aromatic nitrogens is 1. The SMILES string of the molecule is CC(=O)[C@H](O)Cc1ncccc1F. The highest BCUT2D eigenvalue weighted by molar-refractivity contribution is 5.80. The lowest BCUT2D eigenvalue weighted by Crippen LogP contribution is -2.20. The highest BCUT2D eigenvalue weighted by Crippen LogP contribution is 2.05. The molecule has 0 spiro atoms. The van der Waals surface area contributed by atoms with Crippen LogP contribution >= 0.6 is 0 Å². The normalized spacial score (nSPS) is 12.5. The van der Waals surface area contributed by atoms with E-state index in [1.807, 2.05) is 0 Å². The molecule has 1 rings (SSSR count). The maximum absolute atomic E-state index is 12.9. The van der Waals surface area contributed by atoms with Crippen LogP contribution in [0.15, 0.2) is 18.3 Å². The maximum atomic E-state index is 12.9. The number of carbonyl (C=O) groups excluding carboxylic acids is 1. The zero-order valence-corrected chi connectivity index (χ0v) is 7.20. The molecule has 0 aromatic carbocycles. The van der Waals surface area contributed by atoms with Crippen LogP contribution in [0.1, 0.15) is 12.6 Å². The summed E-state index contributed by atoms with van der Waals surface area (Å²) in [5.41, 5.74) is 0.116. The largest absolute Gasteiger partial charge is 0.385 e. The van der Waals surface area contributed by atoms with Crippen molar-refractivity contribution in [1.29, 1.82) is 0 Å². The van der Waals surface area contributed by atoms with Crippen LogP contribution in [-0.2, 0) is 11.2 Å². The van der Waals surface area contributed by atoms with Crippen LogP contribution in [0, 0.1) is 5.82 Å². The molecule has 13 heavy (non-hydrogen) atoms. The van der Waals surface area contributed by atoms with E-state index >= 15 is 0 Å². The maximum Gasteiger partial charge on any atom is 0.158 e. The van der Waals surface area contributed by atoms with Crippen molar-refractivity contribution in [3.63, 3.8) is 0 Å². The third-order valence-electron chi connectivity index (χ3n) is 1.69. The summed E-state index contributed by atoms with van der Waals surface area (Å²) in [5, 5.41) is 9.15. The van der Waals surface area contributed by atoms with Crippen molar-refractivity contribution in [3.05, 3.63) is 29.8 Å². The van der Waals surface area contributed by atoms with Gasteiger partial charge in [0.05, 0.1) is 5.69 Å². The first-order valence-corrected chi connectivity index (χ1v) is 3.89. The van der Waals surface area contributed by atoms with Gasteiger partial charge in [-0.3, -0.25) is 9.78 Å². The number of hydrogen-bond acceptors (Lipinski definition) is 3. The Bertz CT molecular complexity index is 314. The number of Topliss-reactive ketones (excluding diaryl/α,β-unsaturated/α-hetero) is 1. The zero-order valence-electron chi connectivity index (χ0n) is 7.20. The molecule has 1 atom stereocenters. The number of rotatable bonds is 3. The molecule has 0 radical (unpaired) electrons. The fraction of sp³-hybridized carbons (Fsp3) is 0.333. The van der Waals surface area contributed by atoms with Gasteiger partial charge >= 0.3 is 0 Å². The van der Waals surface area contributed by atoms with Gasteiger partial charge in [0.1, 0.15) is 11.9 Å². The molecule has 3 nitrogen and oxygen atoms in total. The highest BCUT2D eigenvalue weighted by atomic mass is 19.1. The van der Waals surface area contributed by atoms with E-state index < -0.39 is 11.9 Å². The second-order valence-corrected chi connectivity index (χ2v) is 2.76. The first-order valence-electron chi connectivity index (χ1n) is 3.89. The Morgan fingerprint density at radius 1 is 1.77 bits per heavy atom. The van der Waals surface area contributed by atoms with Gasteiger partial charge < -0.3 is 5.11 Å². The van der Waals surface area contributed by atoms with Gasteiger partial charge in [0.25, 0.3) is 0 Å². The number of halogens is 1. The van der Waals surface area contributed by atoms with Gasteiger partial charge in [-0.15, -0.1) is 0 Å². The third kappa shape index (κ3) is 2.59. The summed E-state index contributed by atoms with van der Waals surface area (Å²) in [6.07, 6.45) is 0.192. The molecule has 4 heteroatoms. The van der Waals surface area contributed by atoms with E-state index in [9.17, 15) is 9.18 Å². The third-order valence-corrected chi connectivity index (χ3v) is 1.69. The van der Waals surface area contributed by atoms with Gasteiger partial charge in [-0.2, -0.15) is 0 Å². The number of ketones is 1. The minimum absolute atomic E-state index is 0.0675. The summed E-state index contributed by atoms with van der Waals surface area (Å²) in [6, 6.07) is 2.70. The average Bonchev–Trinajstić information content (AvgIpc) is 2.08. The van der Waals surface area contributed by atoms with Gasteiger partial charge in [-0.25, -0.2) is 4.39 Å². The molecule has 0 fully saturated rings. The number of aliphatic hydroxyl groups is 1. The van der Waals surface area contributed by atoms with Gasteiger partial charge in [0, 0.05) is 12.6 Å². The molecule has 70 valence electrons. The van der Waals surface area contributed by atoms with Crippen molar-refractivity contribution in [2.75, 3.05) is 0 Å². The van der Waals surface area contributed by atoms with Gasteiger partial charge in [-0.1, -0.05) is 0 Å². The molecule has 0 saturated heterocycles. The fourth-order valence-corrected chi connectivity index (χ4v) is 0.895. The Morgan fingerprint density at radius 3 is 3.00 bits per heavy atom. The molecule has 1 aromatic rings. The van der Waals surface area contributed by atoms with E-state index in [2.05, 4.69) is 4.98 Å². The molecule has 0 bridgehead atoms. The summed E-state index contributed by atoms with van der Waals surface area (Å²) >= 11 is 0. The summed E-state index contributed by atoms with van der Waals surface area (Å²) < 4.78 is 12.9. The zero-order chi connectivity index (χ0) is 9.84. The van der Waals surface area contributed by atoms with Crippen LogP contribution in [0.25, 0.3) is 0 Å². The van der Waals surface area contributed by atoms with E-state index in [0.29, 0.717) is 0 Å². The van der Waals surface area contributed by atoms with E-state index in [1.54, 1.807) is 0 Å². The molecule has 1 heterocycles. The quantitative estimate of drug-likeness (QED) is 0.750. The fourth-order valence-electron chi connectivity index (χ4n) is 0.895. The minimum Gasteiger partial charge on any atom is -0.385 e. The smallest absolute Gasteiger partial charge is 0.158 e. The molecular formula is C9H10FNO2. The van der Waals surface area contributed by atoms with E-state index in [4.69, 9.17) is 5.11 Å². The molecule has 0 aliphatic heterocycles. The van der Waals surface area contributed by atoms with Crippen molar-refractivity contribution in [2.24, 2.45) is 0 Å². The average molecular weight is 183 g/mol. The van der Waals surface area contributed by atoms with Crippen LogP contribution in [0.5, 0.6) is 0 Å². The molecule has 0 aliphatic carbocycles. The lowest BCUT2D eigenvalue weighted by Gasteiger charge is -2.05. The highest BCUT2D eigenvalue weighted by Gasteiger charge is 2.13. The van der Waals surface area contributed by atoms with Crippen LogP contribution in [0.2, 0.25) is 0 Å². The number of pyridine rings is 1. The van der Waals surface area contributed by atoms with E-state index in [0.717, 1.165) is 0 Å². The number of carbonyl (C=O) groups is 1. The Balaban J connectivity index is 2.74. The second kappa shape index (κ2) is 4.09. The topological polar surface area (TPSA) is 50.2 Å². The Labute approximate surface area is 75.2 Å². The van der Waals surface area contributed by atoms with Crippen molar-refractivity contribution < 1.29 is 14.3 Å². The molecule has 0 amide bonds. The van der Waals surface area contributed by atoms with Crippen LogP contribution < -0.4 is 0 Å². The summed E-state index contributed by atoms with van der Waals surface area (Å²) in [6.45, 7) is 1.26. The molecule has 0 unspecified atom stereocenters. The molecule has 0 aliphatic rings. The van der Waals surface area contributed by atoms with E-state index in [1.165, 1.54) is 25.3 Å². The number of nitrogens with zero attached hydrogens (tertiary/aromatic N) is 1. The lowest BCUT2D eigenvalue weighted by molar-refractivity contribution is -0.124. The second-order valence-electron chi connectivity index (χ2n) is 2.76. The van der Waals surface area contributed by atoms with Crippen molar-refractivity contribution in [2.45, 2.75) is 19.4 Å². The van der Waals surface area contributed by atoms with Crippen molar-refractivity contribution in [1.82, 2.24) is 4.98 Å². The van der Waals surface area contributed by atoms with Crippen molar-refractivity contribution >= 4 is 5.78 Å². The van der Waals surface area contributed by atoms with Crippen LogP contribution in [-0.4, -0.2) is 22.0 Å². The molecule has 1 aromatic heterocycles. The minimum atomic E-state index is -1.16. The summed E-state index contributed by atoms with van der Waals surface area (Å²) in [5.74, 6) is -0.882. The summed E-state index contributed by atoms with van der Waals surface area (Å²) in [4.78, 5) is 14.4. The van der Waals surface area contributed by atoms with Gasteiger partial charge in [0.15, 0.2) is 5.78 Å². The number of aliphatic hydroxyl groups excluding tert-OH is 1. The standard InChI is InChI=1S/C9H10FNO2/c1-6(12)9(13)5-8-7(10)3-2-4-11-8/h2-4,9,13H,5H2,1H3/t9-/m1/s1. The molecular weight excluding hydrogens is 173 g/mol. The molecule has 0 saturated carbocycles. The number of hydrogen-bond donors (Lipinski definition) is 1. The van der Waals surface area contributed by atoms with Crippen LogP contribution in [0.3, 0.4) is 0 Å². The van der Waals surface area contributed by atoms with Crippen LogP contribution in [0.4, 0.5) is 4.39 Å². The Kier molecular flexibility index (Phi) is 3.08. The Hall–Kier alpha value is -1.29. The Morgan fingerprint density at radius 2 is 2.46 bits per heavy atom. The van der Waals surface area contributed by atoms with E-state index in [-0.39, 0.29) is 17.9 Å². The summed E-state index contributed by atoms with van der Waals surface area (Å²) in [7, 11) is 0. The predicted molar refractivity (Wildman–Crippen MR) is 44.6 cm³/mol.